The van der Waals surface area contributed by atoms with Gasteiger partial charge in [-0.3, -0.25) is 0 Å². The first-order valence-electron chi connectivity index (χ1n) is 7.46. The van der Waals surface area contributed by atoms with Crippen LogP contribution in [0.1, 0.15) is 43.9 Å². The van der Waals surface area contributed by atoms with Crippen LogP contribution in [0.3, 0.4) is 0 Å². The van der Waals surface area contributed by atoms with E-state index < -0.39 is 0 Å². The highest BCUT2D eigenvalue weighted by molar-refractivity contribution is 7.11. The second kappa shape index (κ2) is 7.41. The third-order valence-corrected chi connectivity index (χ3v) is 5.66. The standard InChI is InChI=1S/C16H30N2S/c1-7-13-10-11-14(19-13)12-15(17-9-3)16(4,8-2)18(5)6/h10-11,15,17H,7-9,12H2,1-6H3. The molecule has 1 N–H and O–H groups in total. The van der Waals surface area contributed by atoms with Gasteiger partial charge in [-0.05, 0) is 59.0 Å². The average Bonchev–Trinajstić information content (AvgIpc) is 2.84. The Morgan fingerprint density at radius 3 is 2.26 bits per heavy atom. The Morgan fingerprint density at radius 1 is 1.21 bits per heavy atom. The first kappa shape index (κ1) is 16.7. The summed E-state index contributed by atoms with van der Waals surface area (Å²) in [6.45, 7) is 10.1. The number of aryl methyl sites for hydroxylation is 1. The highest BCUT2D eigenvalue weighted by Crippen LogP contribution is 2.26. The predicted molar refractivity (Wildman–Crippen MR) is 87.2 cm³/mol. The molecule has 0 aliphatic heterocycles. The first-order chi connectivity index (χ1) is 8.97. The largest absolute Gasteiger partial charge is 0.312 e. The lowest BCUT2D eigenvalue weighted by Gasteiger charge is -2.43. The van der Waals surface area contributed by atoms with Crippen molar-refractivity contribution >= 4 is 11.3 Å². The molecule has 1 rings (SSSR count). The molecule has 3 heteroatoms. The number of hydrogen-bond donors (Lipinski definition) is 1. The second-order valence-corrected chi connectivity index (χ2v) is 6.89. The van der Waals surface area contributed by atoms with Crippen LogP contribution >= 0.6 is 11.3 Å². The van der Waals surface area contributed by atoms with Crippen molar-refractivity contribution in [1.82, 2.24) is 10.2 Å². The van der Waals surface area contributed by atoms with Gasteiger partial charge in [0.2, 0.25) is 0 Å². The maximum atomic E-state index is 3.70. The molecule has 0 aromatic carbocycles. The SMILES string of the molecule is CCNC(Cc1ccc(CC)s1)C(C)(CC)N(C)C. The molecular formula is C16H30N2S. The summed E-state index contributed by atoms with van der Waals surface area (Å²) >= 11 is 1.97. The summed E-state index contributed by atoms with van der Waals surface area (Å²) in [4.78, 5) is 5.37. The summed E-state index contributed by atoms with van der Waals surface area (Å²) in [7, 11) is 4.39. The van der Waals surface area contributed by atoms with Crippen LogP contribution in [-0.4, -0.2) is 37.1 Å². The van der Waals surface area contributed by atoms with Gasteiger partial charge >= 0.3 is 0 Å². The molecule has 2 unspecified atom stereocenters. The Balaban J connectivity index is 2.87. The van der Waals surface area contributed by atoms with Crippen LogP contribution in [0.2, 0.25) is 0 Å². The van der Waals surface area contributed by atoms with E-state index in [4.69, 9.17) is 0 Å². The van der Waals surface area contributed by atoms with Crippen molar-refractivity contribution in [2.75, 3.05) is 20.6 Å². The second-order valence-electron chi connectivity index (χ2n) is 5.64. The predicted octanol–water partition coefficient (Wildman–Crippen LogP) is 3.56. The van der Waals surface area contributed by atoms with Crippen molar-refractivity contribution in [2.24, 2.45) is 0 Å². The number of hydrogen-bond acceptors (Lipinski definition) is 3. The minimum atomic E-state index is 0.201. The zero-order valence-corrected chi connectivity index (χ0v) is 14.2. The molecule has 1 aromatic rings. The molecule has 1 heterocycles. The lowest BCUT2D eigenvalue weighted by molar-refractivity contribution is 0.113. The fourth-order valence-corrected chi connectivity index (χ4v) is 3.56. The van der Waals surface area contributed by atoms with Crippen molar-refractivity contribution in [3.05, 3.63) is 21.9 Å². The van der Waals surface area contributed by atoms with Gasteiger partial charge in [0, 0.05) is 21.3 Å². The highest BCUT2D eigenvalue weighted by Gasteiger charge is 2.34. The van der Waals surface area contributed by atoms with E-state index in [9.17, 15) is 0 Å². The lowest BCUT2D eigenvalue weighted by atomic mass is 9.85. The molecule has 0 radical (unpaired) electrons. The molecular weight excluding hydrogens is 252 g/mol. The van der Waals surface area contributed by atoms with Gasteiger partial charge in [-0.2, -0.15) is 0 Å². The summed E-state index contributed by atoms with van der Waals surface area (Å²) in [5.74, 6) is 0. The molecule has 1 aromatic heterocycles. The maximum absolute atomic E-state index is 3.70. The van der Waals surface area contributed by atoms with Crippen molar-refractivity contribution < 1.29 is 0 Å². The van der Waals surface area contributed by atoms with Gasteiger partial charge in [0.1, 0.15) is 0 Å². The van der Waals surface area contributed by atoms with E-state index in [1.54, 1.807) is 0 Å². The van der Waals surface area contributed by atoms with E-state index in [2.05, 4.69) is 64.1 Å². The van der Waals surface area contributed by atoms with E-state index in [1.807, 2.05) is 11.3 Å². The van der Waals surface area contributed by atoms with Crippen LogP contribution in [0, 0.1) is 0 Å². The third-order valence-electron chi connectivity index (χ3n) is 4.41. The summed E-state index contributed by atoms with van der Waals surface area (Å²) in [5, 5.41) is 3.70. The molecule has 0 bridgehead atoms. The van der Waals surface area contributed by atoms with Crippen LogP contribution in [-0.2, 0) is 12.8 Å². The molecule has 0 amide bonds. The normalized spacial score (nSPS) is 16.6. The van der Waals surface area contributed by atoms with Gasteiger partial charge < -0.3 is 10.2 Å². The summed E-state index contributed by atoms with van der Waals surface area (Å²) in [5.41, 5.74) is 0.201. The Morgan fingerprint density at radius 2 is 1.84 bits per heavy atom. The van der Waals surface area contributed by atoms with Crippen LogP contribution in [0.5, 0.6) is 0 Å². The molecule has 0 aliphatic carbocycles. The molecule has 110 valence electrons. The highest BCUT2D eigenvalue weighted by atomic mass is 32.1. The Bertz CT molecular complexity index is 373. The molecule has 2 nitrogen and oxygen atoms in total. The first-order valence-corrected chi connectivity index (χ1v) is 8.27. The Kier molecular flexibility index (Phi) is 6.51. The van der Waals surface area contributed by atoms with Crippen LogP contribution < -0.4 is 5.32 Å². The topological polar surface area (TPSA) is 15.3 Å². The zero-order chi connectivity index (χ0) is 14.5. The van der Waals surface area contributed by atoms with Gasteiger partial charge in [0.05, 0.1) is 0 Å². The fourth-order valence-electron chi connectivity index (χ4n) is 2.56. The van der Waals surface area contributed by atoms with Crippen LogP contribution in [0.15, 0.2) is 12.1 Å². The van der Waals surface area contributed by atoms with E-state index in [-0.39, 0.29) is 5.54 Å². The molecule has 0 saturated heterocycles. The quantitative estimate of drug-likeness (QED) is 0.784. The minimum absolute atomic E-state index is 0.201. The fraction of sp³-hybridized carbons (Fsp3) is 0.750. The molecule has 0 aliphatic rings. The summed E-state index contributed by atoms with van der Waals surface area (Å²) < 4.78 is 0. The van der Waals surface area contributed by atoms with Crippen LogP contribution in [0.4, 0.5) is 0 Å². The summed E-state index contributed by atoms with van der Waals surface area (Å²) in [6.07, 6.45) is 3.43. The van der Waals surface area contributed by atoms with E-state index in [0.29, 0.717) is 6.04 Å². The number of likely N-dealkylation sites (N-methyl/N-ethyl adjacent to an activating group) is 2. The van der Waals surface area contributed by atoms with Gasteiger partial charge in [0.15, 0.2) is 0 Å². The number of nitrogens with one attached hydrogen (secondary N) is 1. The van der Waals surface area contributed by atoms with Gasteiger partial charge in [-0.1, -0.05) is 20.8 Å². The lowest BCUT2D eigenvalue weighted by Crippen LogP contribution is -2.57. The van der Waals surface area contributed by atoms with Crippen LogP contribution in [0.25, 0.3) is 0 Å². The monoisotopic (exact) mass is 282 g/mol. The van der Waals surface area contributed by atoms with E-state index in [0.717, 1.165) is 25.8 Å². The smallest absolute Gasteiger partial charge is 0.0329 e. The number of thiophene rings is 1. The van der Waals surface area contributed by atoms with Crippen molar-refractivity contribution in [1.29, 1.82) is 0 Å². The molecule has 0 spiro atoms. The molecule has 19 heavy (non-hydrogen) atoms. The molecule has 2 atom stereocenters. The molecule has 0 fully saturated rings. The van der Waals surface area contributed by atoms with E-state index in [1.165, 1.54) is 9.75 Å². The third kappa shape index (κ3) is 4.04. The minimum Gasteiger partial charge on any atom is -0.312 e. The summed E-state index contributed by atoms with van der Waals surface area (Å²) in [6, 6.07) is 5.09. The van der Waals surface area contributed by atoms with Gasteiger partial charge in [-0.15, -0.1) is 11.3 Å². The number of rotatable bonds is 8. The maximum Gasteiger partial charge on any atom is 0.0329 e. The van der Waals surface area contributed by atoms with Crippen molar-refractivity contribution in [3.63, 3.8) is 0 Å². The average molecular weight is 282 g/mol. The Labute approximate surface area is 123 Å². The zero-order valence-electron chi connectivity index (χ0n) is 13.4. The van der Waals surface area contributed by atoms with E-state index >= 15 is 0 Å². The Hall–Kier alpha value is -0.380. The van der Waals surface area contributed by atoms with Crippen molar-refractivity contribution in [3.8, 4) is 0 Å². The van der Waals surface area contributed by atoms with Gasteiger partial charge in [-0.25, -0.2) is 0 Å². The van der Waals surface area contributed by atoms with Gasteiger partial charge in [0.25, 0.3) is 0 Å². The van der Waals surface area contributed by atoms with Crippen molar-refractivity contribution in [2.45, 2.75) is 58.5 Å². The molecule has 0 saturated carbocycles. The number of nitrogens with zero attached hydrogens (tertiary/aromatic N) is 1.